The maximum atomic E-state index is 13.7. The van der Waals surface area contributed by atoms with E-state index in [1.807, 2.05) is 13.8 Å². The van der Waals surface area contributed by atoms with Crippen molar-refractivity contribution in [2.45, 2.75) is 13.8 Å². The highest BCUT2D eigenvalue weighted by Crippen LogP contribution is 2.14. The molecule has 0 radical (unpaired) electrons. The Morgan fingerprint density at radius 1 is 1.42 bits per heavy atom. The first-order chi connectivity index (χ1) is 9.01. The molecule has 7 heteroatoms. The fraction of sp³-hybridized carbons (Fsp3) is 0.417. The molecule has 1 rings (SSSR count). The maximum absolute atomic E-state index is 13.7. The molecule has 0 saturated carbocycles. The Kier molecular flexibility index (Phi) is 5.23. The summed E-state index contributed by atoms with van der Waals surface area (Å²) in [6.07, 6.45) is 1.18. The Bertz CT molecular complexity index is 475. The lowest BCUT2D eigenvalue weighted by atomic mass is 10.2. The van der Waals surface area contributed by atoms with E-state index in [-0.39, 0.29) is 18.3 Å². The van der Waals surface area contributed by atoms with Gasteiger partial charge in [0.2, 0.25) is 5.91 Å². The predicted octanol–water partition coefficient (Wildman–Crippen LogP) is 1.20. The van der Waals surface area contributed by atoms with Gasteiger partial charge < -0.3 is 15.3 Å². The van der Waals surface area contributed by atoms with Crippen LogP contribution in [0.25, 0.3) is 0 Å². The number of carbonyl (C=O) groups is 2. The molecule has 6 nitrogen and oxygen atoms in total. The van der Waals surface area contributed by atoms with Crippen molar-refractivity contribution in [2.75, 3.05) is 25.0 Å². The minimum absolute atomic E-state index is 0.130. The van der Waals surface area contributed by atoms with Crippen LogP contribution in [0.1, 0.15) is 24.2 Å². The van der Waals surface area contributed by atoms with Gasteiger partial charge in [0.1, 0.15) is 5.56 Å². The van der Waals surface area contributed by atoms with Crippen LogP contribution < -0.4 is 5.32 Å². The second-order valence-electron chi connectivity index (χ2n) is 3.75. The van der Waals surface area contributed by atoms with Gasteiger partial charge in [0.25, 0.3) is 0 Å². The second kappa shape index (κ2) is 6.67. The minimum atomic E-state index is -1.38. The van der Waals surface area contributed by atoms with E-state index in [2.05, 4.69) is 10.3 Å². The number of carboxylic acid groups (broad SMARTS) is 1. The number of pyridine rings is 1. The highest BCUT2D eigenvalue weighted by atomic mass is 19.1. The van der Waals surface area contributed by atoms with E-state index in [0.29, 0.717) is 13.1 Å². The van der Waals surface area contributed by atoms with Crippen LogP contribution in [0.15, 0.2) is 12.3 Å². The van der Waals surface area contributed by atoms with Gasteiger partial charge >= 0.3 is 5.97 Å². The lowest BCUT2D eigenvalue weighted by Gasteiger charge is -2.19. The van der Waals surface area contributed by atoms with E-state index in [9.17, 15) is 14.0 Å². The molecule has 0 unspecified atom stereocenters. The quantitative estimate of drug-likeness (QED) is 0.810. The molecule has 104 valence electrons. The summed E-state index contributed by atoms with van der Waals surface area (Å²) < 4.78 is 13.7. The summed E-state index contributed by atoms with van der Waals surface area (Å²) in [5.74, 6) is -2.78. The van der Waals surface area contributed by atoms with Gasteiger partial charge in [-0.25, -0.2) is 14.2 Å². The third-order valence-corrected chi connectivity index (χ3v) is 2.64. The predicted molar refractivity (Wildman–Crippen MR) is 67.6 cm³/mol. The van der Waals surface area contributed by atoms with Crippen LogP contribution in [-0.4, -0.2) is 46.5 Å². The third kappa shape index (κ3) is 3.64. The van der Waals surface area contributed by atoms with Crippen molar-refractivity contribution in [2.24, 2.45) is 0 Å². The number of aromatic nitrogens is 1. The molecule has 1 amide bonds. The summed E-state index contributed by atoms with van der Waals surface area (Å²) in [6, 6.07) is 1.06. The lowest BCUT2D eigenvalue weighted by Crippen LogP contribution is -2.35. The normalized spacial score (nSPS) is 10.1. The number of anilines is 1. The van der Waals surface area contributed by atoms with Crippen LogP contribution in [0.2, 0.25) is 0 Å². The molecule has 0 bridgehead atoms. The standard InChI is InChI=1S/C12H16FN3O3/c1-3-16(4-2)9(17)7-15-11-10(13)8(12(18)19)5-6-14-11/h5-6H,3-4,7H2,1-2H3,(H,14,15)(H,18,19). The number of carboxylic acids is 1. The van der Waals surface area contributed by atoms with Crippen molar-refractivity contribution in [3.8, 4) is 0 Å². The molecule has 1 aromatic heterocycles. The van der Waals surface area contributed by atoms with Gasteiger partial charge in [0.15, 0.2) is 11.6 Å². The minimum Gasteiger partial charge on any atom is -0.478 e. The Hall–Kier alpha value is -2.18. The van der Waals surface area contributed by atoms with E-state index in [4.69, 9.17) is 5.11 Å². The summed E-state index contributed by atoms with van der Waals surface area (Å²) in [6.45, 7) is 4.66. The Balaban J connectivity index is 2.76. The number of carbonyl (C=O) groups excluding carboxylic acids is 1. The number of rotatable bonds is 6. The molecule has 0 aliphatic carbocycles. The van der Waals surface area contributed by atoms with Gasteiger partial charge in [-0.1, -0.05) is 0 Å². The van der Waals surface area contributed by atoms with E-state index < -0.39 is 17.3 Å². The topological polar surface area (TPSA) is 82.5 Å². The second-order valence-corrected chi connectivity index (χ2v) is 3.75. The van der Waals surface area contributed by atoms with Crippen molar-refractivity contribution in [1.82, 2.24) is 9.88 Å². The number of hydrogen-bond donors (Lipinski definition) is 2. The SMILES string of the molecule is CCN(CC)C(=O)CNc1nccc(C(=O)O)c1F. The van der Waals surface area contributed by atoms with Crippen LogP contribution in [0.4, 0.5) is 10.2 Å². The summed E-state index contributed by atoms with van der Waals surface area (Å²) in [5, 5.41) is 11.3. The number of hydrogen-bond acceptors (Lipinski definition) is 4. The van der Waals surface area contributed by atoms with Gasteiger partial charge in [-0.05, 0) is 19.9 Å². The molecule has 0 saturated heterocycles. The maximum Gasteiger partial charge on any atom is 0.338 e. The largest absolute Gasteiger partial charge is 0.478 e. The van der Waals surface area contributed by atoms with Crippen molar-refractivity contribution >= 4 is 17.7 Å². The number of nitrogens with zero attached hydrogens (tertiary/aromatic N) is 2. The Morgan fingerprint density at radius 2 is 2.05 bits per heavy atom. The number of aromatic carboxylic acids is 1. The van der Waals surface area contributed by atoms with Crippen molar-refractivity contribution in [1.29, 1.82) is 0 Å². The zero-order valence-electron chi connectivity index (χ0n) is 10.8. The third-order valence-electron chi connectivity index (χ3n) is 2.64. The van der Waals surface area contributed by atoms with Crippen LogP contribution in [0, 0.1) is 5.82 Å². The van der Waals surface area contributed by atoms with Crippen LogP contribution >= 0.6 is 0 Å². The molecular weight excluding hydrogens is 253 g/mol. The summed E-state index contributed by atoms with van der Waals surface area (Å²) >= 11 is 0. The van der Waals surface area contributed by atoms with Crippen LogP contribution in [0.5, 0.6) is 0 Å². The summed E-state index contributed by atoms with van der Waals surface area (Å²) in [5.41, 5.74) is -0.479. The van der Waals surface area contributed by atoms with Gasteiger partial charge in [-0.2, -0.15) is 0 Å². The molecule has 0 aliphatic rings. The van der Waals surface area contributed by atoms with Crippen LogP contribution in [-0.2, 0) is 4.79 Å². The number of likely N-dealkylation sites (N-methyl/N-ethyl adjacent to an activating group) is 1. The van der Waals surface area contributed by atoms with Crippen molar-refractivity contribution < 1.29 is 19.1 Å². The molecule has 0 aliphatic heterocycles. The molecule has 2 N–H and O–H groups in total. The summed E-state index contributed by atoms with van der Waals surface area (Å²) in [4.78, 5) is 27.7. The number of amides is 1. The number of halogens is 1. The molecule has 1 heterocycles. The molecule has 0 fully saturated rings. The van der Waals surface area contributed by atoms with E-state index in [0.717, 1.165) is 6.07 Å². The molecule has 19 heavy (non-hydrogen) atoms. The first-order valence-corrected chi connectivity index (χ1v) is 5.90. The molecule has 0 aromatic carbocycles. The summed E-state index contributed by atoms with van der Waals surface area (Å²) in [7, 11) is 0. The van der Waals surface area contributed by atoms with E-state index in [1.54, 1.807) is 4.90 Å². The zero-order chi connectivity index (χ0) is 14.4. The monoisotopic (exact) mass is 269 g/mol. The average Bonchev–Trinajstić information content (AvgIpc) is 2.38. The molecule has 1 aromatic rings. The zero-order valence-corrected chi connectivity index (χ0v) is 10.8. The van der Waals surface area contributed by atoms with E-state index >= 15 is 0 Å². The smallest absolute Gasteiger partial charge is 0.338 e. The van der Waals surface area contributed by atoms with Gasteiger partial charge in [0.05, 0.1) is 6.54 Å². The van der Waals surface area contributed by atoms with E-state index in [1.165, 1.54) is 6.20 Å². The number of nitrogens with one attached hydrogen (secondary N) is 1. The highest BCUT2D eigenvalue weighted by Gasteiger charge is 2.16. The van der Waals surface area contributed by atoms with Gasteiger partial charge in [0, 0.05) is 19.3 Å². The van der Waals surface area contributed by atoms with Gasteiger partial charge in [-0.15, -0.1) is 0 Å². The first-order valence-electron chi connectivity index (χ1n) is 5.90. The molecule has 0 spiro atoms. The molecular formula is C12H16FN3O3. The molecule has 0 atom stereocenters. The van der Waals surface area contributed by atoms with Crippen LogP contribution in [0.3, 0.4) is 0 Å². The fourth-order valence-electron chi connectivity index (χ4n) is 1.58. The van der Waals surface area contributed by atoms with Crippen molar-refractivity contribution in [3.05, 3.63) is 23.6 Å². The Morgan fingerprint density at radius 3 is 2.58 bits per heavy atom. The highest BCUT2D eigenvalue weighted by molar-refractivity contribution is 5.89. The Labute approximate surface area is 110 Å². The van der Waals surface area contributed by atoms with Crippen molar-refractivity contribution in [3.63, 3.8) is 0 Å². The lowest BCUT2D eigenvalue weighted by molar-refractivity contribution is -0.128. The first kappa shape index (κ1) is 14.9. The average molecular weight is 269 g/mol. The fourth-order valence-corrected chi connectivity index (χ4v) is 1.58. The van der Waals surface area contributed by atoms with Gasteiger partial charge in [-0.3, -0.25) is 4.79 Å².